The van der Waals surface area contributed by atoms with Crippen LogP contribution in [0.4, 0.5) is 4.39 Å². The van der Waals surface area contributed by atoms with E-state index in [1.165, 1.54) is 25.1 Å². The second-order valence-corrected chi connectivity index (χ2v) is 4.93. The highest BCUT2D eigenvalue weighted by Gasteiger charge is 2.21. The van der Waals surface area contributed by atoms with Crippen molar-refractivity contribution in [3.63, 3.8) is 0 Å². The van der Waals surface area contributed by atoms with E-state index in [9.17, 15) is 4.39 Å². The summed E-state index contributed by atoms with van der Waals surface area (Å²) in [7, 11) is 0. The Bertz CT molecular complexity index is 582. The van der Waals surface area contributed by atoms with Crippen molar-refractivity contribution in [1.29, 1.82) is 0 Å². The maximum absolute atomic E-state index is 13.6. The zero-order chi connectivity index (χ0) is 13.9. The lowest BCUT2D eigenvalue weighted by molar-refractivity contribution is 0.306. The minimum atomic E-state index is -0.490. The van der Waals surface area contributed by atoms with E-state index in [2.05, 4.69) is 20.0 Å². The van der Waals surface area contributed by atoms with Gasteiger partial charge in [0.1, 0.15) is 0 Å². The van der Waals surface area contributed by atoms with Crippen molar-refractivity contribution < 1.29 is 8.91 Å². The van der Waals surface area contributed by atoms with Gasteiger partial charge in [0.15, 0.2) is 11.6 Å². The van der Waals surface area contributed by atoms with Crippen LogP contribution in [0.3, 0.4) is 0 Å². The molecule has 1 unspecified atom stereocenters. The summed E-state index contributed by atoms with van der Waals surface area (Å²) in [4.78, 5) is 10.1. The van der Waals surface area contributed by atoms with Crippen molar-refractivity contribution in [3.8, 4) is 11.5 Å². The Morgan fingerprint density at radius 3 is 2.95 bits per heavy atom. The maximum Gasteiger partial charge on any atom is 0.261 e. The third-order valence-electron chi connectivity index (χ3n) is 3.43. The number of nitrogens with zero attached hydrogens (tertiary/aromatic N) is 4. The van der Waals surface area contributed by atoms with Crippen LogP contribution in [-0.4, -0.2) is 39.7 Å². The van der Waals surface area contributed by atoms with Crippen LogP contribution in [0.2, 0.25) is 0 Å². The van der Waals surface area contributed by atoms with E-state index in [0.717, 1.165) is 19.3 Å². The highest BCUT2D eigenvalue weighted by Crippen LogP contribution is 2.21. The molecule has 3 heterocycles. The van der Waals surface area contributed by atoms with Gasteiger partial charge in [0.2, 0.25) is 0 Å². The molecule has 106 valence electrons. The lowest BCUT2D eigenvalue weighted by Gasteiger charge is -2.17. The Kier molecular flexibility index (Phi) is 3.70. The van der Waals surface area contributed by atoms with Crippen LogP contribution in [0, 0.1) is 5.82 Å². The lowest BCUT2D eigenvalue weighted by Crippen LogP contribution is -2.30. The average molecular weight is 277 g/mol. The minimum absolute atomic E-state index is 0.136. The maximum atomic E-state index is 13.6. The summed E-state index contributed by atoms with van der Waals surface area (Å²) in [6.07, 6.45) is 4.99. The Balaban J connectivity index is 1.74. The van der Waals surface area contributed by atoms with E-state index in [1.807, 2.05) is 0 Å². The molecule has 2 aromatic rings. The first-order valence-corrected chi connectivity index (χ1v) is 6.65. The van der Waals surface area contributed by atoms with Gasteiger partial charge in [0.25, 0.3) is 5.89 Å². The van der Waals surface area contributed by atoms with Gasteiger partial charge in [-0.3, -0.25) is 4.98 Å². The molecule has 3 rings (SSSR count). The highest BCUT2D eigenvalue weighted by atomic mass is 19.1. The number of aromatic nitrogens is 3. The van der Waals surface area contributed by atoms with Crippen LogP contribution in [0.15, 0.2) is 23.0 Å². The first kappa shape index (κ1) is 13.1. The van der Waals surface area contributed by atoms with Gasteiger partial charge in [-0.2, -0.15) is 4.98 Å². The molecule has 7 heteroatoms. The van der Waals surface area contributed by atoms with Crippen LogP contribution in [0.1, 0.15) is 24.7 Å². The molecule has 6 nitrogen and oxygen atoms in total. The van der Waals surface area contributed by atoms with Gasteiger partial charge < -0.3 is 15.2 Å². The van der Waals surface area contributed by atoms with E-state index < -0.39 is 5.82 Å². The van der Waals surface area contributed by atoms with Gasteiger partial charge in [0, 0.05) is 12.7 Å². The molecule has 2 aromatic heterocycles. The minimum Gasteiger partial charge on any atom is -0.334 e. The first-order chi connectivity index (χ1) is 9.74. The lowest BCUT2D eigenvalue weighted by atomic mass is 10.2. The van der Waals surface area contributed by atoms with Crippen LogP contribution in [0.25, 0.3) is 11.5 Å². The number of pyridine rings is 1. The van der Waals surface area contributed by atoms with Gasteiger partial charge in [-0.05, 0) is 32.0 Å². The summed E-state index contributed by atoms with van der Waals surface area (Å²) in [5, 5.41) is 3.85. The molecule has 1 aliphatic heterocycles. The third kappa shape index (κ3) is 2.68. The number of likely N-dealkylation sites (tertiary alicyclic amines) is 1. The number of hydrogen-bond acceptors (Lipinski definition) is 6. The molecule has 0 aliphatic carbocycles. The Hall–Kier alpha value is -1.86. The van der Waals surface area contributed by atoms with Crippen molar-refractivity contribution in [2.45, 2.75) is 18.9 Å². The highest BCUT2D eigenvalue weighted by molar-refractivity contribution is 5.52. The molecule has 0 spiro atoms. The third-order valence-corrected chi connectivity index (χ3v) is 3.43. The smallest absolute Gasteiger partial charge is 0.261 e. The Labute approximate surface area is 115 Å². The van der Waals surface area contributed by atoms with Gasteiger partial charge in [-0.1, -0.05) is 5.16 Å². The van der Waals surface area contributed by atoms with Crippen molar-refractivity contribution in [1.82, 2.24) is 20.0 Å². The molecule has 0 saturated carbocycles. The number of hydrogen-bond donors (Lipinski definition) is 1. The van der Waals surface area contributed by atoms with Gasteiger partial charge in [0.05, 0.1) is 17.8 Å². The van der Waals surface area contributed by atoms with Crippen molar-refractivity contribution in [3.05, 3.63) is 30.1 Å². The van der Waals surface area contributed by atoms with E-state index in [4.69, 9.17) is 10.3 Å². The molecule has 2 N–H and O–H groups in total. The number of rotatable bonds is 4. The van der Waals surface area contributed by atoms with Crippen LogP contribution in [-0.2, 0) is 0 Å². The summed E-state index contributed by atoms with van der Waals surface area (Å²) in [6.45, 7) is 2.80. The van der Waals surface area contributed by atoms with Crippen molar-refractivity contribution >= 4 is 0 Å². The molecule has 1 fully saturated rings. The van der Waals surface area contributed by atoms with Crippen molar-refractivity contribution in [2.75, 3.05) is 19.6 Å². The van der Waals surface area contributed by atoms with Crippen molar-refractivity contribution in [2.24, 2.45) is 5.73 Å². The molecule has 0 radical (unpaired) electrons. The van der Waals surface area contributed by atoms with Gasteiger partial charge in [-0.15, -0.1) is 0 Å². The fraction of sp³-hybridized carbons (Fsp3) is 0.462. The number of halogens is 1. The topological polar surface area (TPSA) is 81.1 Å². The van der Waals surface area contributed by atoms with Crippen LogP contribution >= 0.6 is 0 Å². The van der Waals surface area contributed by atoms with Crippen LogP contribution in [0.5, 0.6) is 0 Å². The predicted molar refractivity (Wildman–Crippen MR) is 70.1 cm³/mol. The molecule has 1 aliphatic rings. The summed E-state index contributed by atoms with van der Waals surface area (Å²) in [6, 6.07) is 1.18. The summed E-state index contributed by atoms with van der Waals surface area (Å²) >= 11 is 0. The fourth-order valence-corrected chi connectivity index (χ4v) is 2.37. The van der Waals surface area contributed by atoms with E-state index in [-0.39, 0.29) is 17.5 Å². The average Bonchev–Trinajstić information content (AvgIpc) is 3.10. The first-order valence-electron chi connectivity index (χ1n) is 6.65. The molecule has 1 atom stereocenters. The monoisotopic (exact) mass is 277 g/mol. The molecule has 1 saturated heterocycles. The summed E-state index contributed by atoms with van der Waals surface area (Å²) in [5.74, 6) is 0.0516. The summed E-state index contributed by atoms with van der Waals surface area (Å²) < 4.78 is 18.7. The zero-order valence-electron chi connectivity index (χ0n) is 11.0. The van der Waals surface area contributed by atoms with Gasteiger partial charge in [-0.25, -0.2) is 4.39 Å². The molecular formula is C13H16FN5O. The van der Waals surface area contributed by atoms with Crippen LogP contribution < -0.4 is 5.73 Å². The second kappa shape index (κ2) is 5.64. The largest absolute Gasteiger partial charge is 0.334 e. The van der Waals surface area contributed by atoms with E-state index >= 15 is 0 Å². The fourth-order valence-electron chi connectivity index (χ4n) is 2.37. The van der Waals surface area contributed by atoms with E-state index in [1.54, 1.807) is 0 Å². The second-order valence-electron chi connectivity index (χ2n) is 4.93. The number of nitrogens with two attached hydrogens (primary N) is 1. The molecular weight excluding hydrogens is 261 g/mol. The standard InChI is InChI=1S/C13H16FN5O/c14-10-7-16-4-3-9(10)13-17-12(18-20-13)11(15)8-19-5-1-2-6-19/h3-4,7,11H,1-2,5-6,8,15H2. The Morgan fingerprint density at radius 1 is 1.40 bits per heavy atom. The predicted octanol–water partition coefficient (Wildman–Crippen LogP) is 1.37. The molecule has 0 bridgehead atoms. The quantitative estimate of drug-likeness (QED) is 0.909. The van der Waals surface area contributed by atoms with E-state index in [0.29, 0.717) is 12.4 Å². The summed E-state index contributed by atoms with van der Waals surface area (Å²) in [5.41, 5.74) is 6.31. The SMILES string of the molecule is NC(CN1CCCC1)c1noc(-c2ccncc2F)n1. The normalized spacial score (nSPS) is 17.5. The zero-order valence-corrected chi connectivity index (χ0v) is 11.0. The molecule has 0 amide bonds. The van der Waals surface area contributed by atoms with Gasteiger partial charge >= 0.3 is 0 Å². The molecule has 0 aromatic carbocycles. The molecule has 20 heavy (non-hydrogen) atoms. The Morgan fingerprint density at radius 2 is 2.20 bits per heavy atom.